The van der Waals surface area contributed by atoms with Crippen molar-refractivity contribution < 1.29 is 4.79 Å². The second-order valence-corrected chi connectivity index (χ2v) is 4.10. The van der Waals surface area contributed by atoms with Gasteiger partial charge < -0.3 is 10.4 Å². The first-order valence-electron chi connectivity index (χ1n) is 5.95. The molecule has 0 radical (unpaired) electrons. The molecule has 0 aliphatic heterocycles. The summed E-state index contributed by atoms with van der Waals surface area (Å²) in [6.07, 6.45) is 1.55. The van der Waals surface area contributed by atoms with Gasteiger partial charge in [0.05, 0.1) is 16.6 Å². The Balaban J connectivity index is 1.88. The molecule has 3 aromatic rings. The summed E-state index contributed by atoms with van der Waals surface area (Å²) in [5.74, 6) is 5.67. The Hall–Kier alpha value is -2.93. The molecule has 0 fully saturated rings. The number of carbonyl (C=O) groups excluding carboxylic acids is 1. The number of aromatic amines is 1. The summed E-state index contributed by atoms with van der Waals surface area (Å²) >= 11 is 0. The third kappa shape index (κ3) is 2.17. The average Bonchev–Trinajstić information content (AvgIpc) is 2.89. The lowest BCUT2D eigenvalue weighted by Crippen LogP contribution is -2.18. The number of imidazole rings is 1. The van der Waals surface area contributed by atoms with Crippen LogP contribution in [0, 0.1) is 0 Å². The molecule has 7 heteroatoms. The first-order chi connectivity index (χ1) is 9.78. The molecular formula is C13H12N6O. The van der Waals surface area contributed by atoms with Crippen molar-refractivity contribution in [3.8, 4) is 0 Å². The smallest absolute Gasteiger partial charge is 0.261 e. The Labute approximate surface area is 114 Å². The van der Waals surface area contributed by atoms with Gasteiger partial charge in [-0.25, -0.2) is 15.8 Å². The Morgan fingerprint density at radius 2 is 2.05 bits per heavy atom. The van der Waals surface area contributed by atoms with Crippen LogP contribution < -0.4 is 16.6 Å². The van der Waals surface area contributed by atoms with Crippen LogP contribution in [0.3, 0.4) is 0 Å². The van der Waals surface area contributed by atoms with E-state index in [2.05, 4.69) is 25.7 Å². The van der Waals surface area contributed by atoms with Gasteiger partial charge in [-0.1, -0.05) is 12.1 Å². The van der Waals surface area contributed by atoms with Crippen molar-refractivity contribution in [2.24, 2.45) is 5.84 Å². The quantitative estimate of drug-likeness (QED) is 0.425. The molecule has 0 unspecified atom stereocenters. The Kier molecular flexibility index (Phi) is 3.02. The molecule has 2 heterocycles. The van der Waals surface area contributed by atoms with E-state index in [0.29, 0.717) is 17.3 Å². The predicted molar refractivity (Wildman–Crippen MR) is 76.1 cm³/mol. The normalized spacial score (nSPS) is 10.4. The van der Waals surface area contributed by atoms with Gasteiger partial charge in [-0.15, -0.1) is 0 Å². The van der Waals surface area contributed by atoms with E-state index in [-0.39, 0.29) is 5.91 Å². The number of para-hydroxylation sites is 2. The van der Waals surface area contributed by atoms with Crippen LogP contribution in [-0.4, -0.2) is 20.9 Å². The maximum absolute atomic E-state index is 12.2. The molecule has 100 valence electrons. The number of aromatic nitrogens is 3. The third-order valence-electron chi connectivity index (χ3n) is 2.81. The van der Waals surface area contributed by atoms with E-state index in [4.69, 9.17) is 5.84 Å². The van der Waals surface area contributed by atoms with Gasteiger partial charge in [-0.05, 0) is 24.3 Å². The zero-order valence-electron chi connectivity index (χ0n) is 10.4. The van der Waals surface area contributed by atoms with Gasteiger partial charge in [0.15, 0.2) is 5.82 Å². The largest absolute Gasteiger partial charge is 0.324 e. The molecule has 0 spiro atoms. The lowest BCUT2D eigenvalue weighted by atomic mass is 10.2. The van der Waals surface area contributed by atoms with Gasteiger partial charge in [-0.3, -0.25) is 10.1 Å². The molecule has 0 bridgehead atoms. The van der Waals surface area contributed by atoms with Gasteiger partial charge in [0.1, 0.15) is 0 Å². The molecule has 1 amide bonds. The molecule has 7 nitrogen and oxygen atoms in total. The highest BCUT2D eigenvalue weighted by atomic mass is 16.1. The summed E-state index contributed by atoms with van der Waals surface area (Å²) in [7, 11) is 0. The van der Waals surface area contributed by atoms with Crippen molar-refractivity contribution in [1.29, 1.82) is 0 Å². The second-order valence-electron chi connectivity index (χ2n) is 4.10. The summed E-state index contributed by atoms with van der Waals surface area (Å²) < 4.78 is 0. The number of nitrogen functional groups attached to an aromatic ring is 1. The average molecular weight is 268 g/mol. The molecule has 1 aromatic carbocycles. The molecular weight excluding hydrogens is 256 g/mol. The number of rotatable bonds is 3. The zero-order chi connectivity index (χ0) is 13.9. The van der Waals surface area contributed by atoms with Crippen LogP contribution in [0.25, 0.3) is 11.0 Å². The van der Waals surface area contributed by atoms with E-state index >= 15 is 0 Å². The molecule has 20 heavy (non-hydrogen) atoms. The lowest BCUT2D eigenvalue weighted by molar-refractivity contribution is 0.102. The van der Waals surface area contributed by atoms with Gasteiger partial charge in [-0.2, -0.15) is 0 Å². The van der Waals surface area contributed by atoms with Gasteiger partial charge in [0.25, 0.3) is 5.91 Å². The van der Waals surface area contributed by atoms with Crippen molar-refractivity contribution in [2.45, 2.75) is 0 Å². The number of nitrogens with zero attached hydrogens (tertiary/aromatic N) is 2. The fraction of sp³-hybridized carbons (Fsp3) is 0. The van der Waals surface area contributed by atoms with Crippen molar-refractivity contribution in [3.63, 3.8) is 0 Å². The Morgan fingerprint density at radius 1 is 1.20 bits per heavy atom. The van der Waals surface area contributed by atoms with Crippen molar-refractivity contribution in [2.75, 3.05) is 10.7 Å². The van der Waals surface area contributed by atoms with Crippen LogP contribution in [-0.2, 0) is 0 Å². The number of hydrazine groups is 1. The van der Waals surface area contributed by atoms with Crippen molar-refractivity contribution >= 4 is 28.7 Å². The number of nitrogens with one attached hydrogen (secondary N) is 3. The van der Waals surface area contributed by atoms with Gasteiger partial charge >= 0.3 is 0 Å². The van der Waals surface area contributed by atoms with Crippen molar-refractivity contribution in [3.05, 3.63) is 48.2 Å². The summed E-state index contributed by atoms with van der Waals surface area (Å²) in [5.41, 5.74) is 4.37. The maximum atomic E-state index is 12.2. The van der Waals surface area contributed by atoms with Crippen molar-refractivity contribution in [1.82, 2.24) is 15.0 Å². The van der Waals surface area contributed by atoms with Crippen LogP contribution in [0.15, 0.2) is 42.6 Å². The number of fused-ring (bicyclic) bond motifs is 1. The Morgan fingerprint density at radius 3 is 2.85 bits per heavy atom. The van der Waals surface area contributed by atoms with Crippen LogP contribution in [0.2, 0.25) is 0 Å². The highest BCUT2D eigenvalue weighted by Gasteiger charge is 2.13. The van der Waals surface area contributed by atoms with E-state index < -0.39 is 0 Å². The number of carbonyl (C=O) groups is 1. The first-order valence-corrected chi connectivity index (χ1v) is 5.95. The van der Waals surface area contributed by atoms with Crippen LogP contribution in [0.4, 0.5) is 11.8 Å². The van der Waals surface area contributed by atoms with E-state index in [0.717, 1.165) is 11.0 Å². The minimum absolute atomic E-state index is 0.307. The molecule has 3 rings (SSSR count). The highest BCUT2D eigenvalue weighted by molar-refractivity contribution is 6.07. The summed E-state index contributed by atoms with van der Waals surface area (Å²) in [4.78, 5) is 23.4. The monoisotopic (exact) mass is 268 g/mol. The van der Waals surface area contributed by atoms with E-state index in [1.54, 1.807) is 18.3 Å². The minimum Gasteiger partial charge on any atom is -0.324 e. The fourth-order valence-electron chi connectivity index (χ4n) is 1.89. The van der Waals surface area contributed by atoms with Gasteiger partial charge in [0, 0.05) is 6.20 Å². The third-order valence-corrected chi connectivity index (χ3v) is 2.81. The molecule has 0 saturated carbocycles. The number of H-pyrrole nitrogens is 1. The lowest BCUT2D eigenvalue weighted by Gasteiger charge is -2.06. The van der Waals surface area contributed by atoms with Crippen LogP contribution >= 0.6 is 0 Å². The standard InChI is InChI=1S/C13H12N6O/c14-19-11-8(4-3-7-15-11)12(20)18-13-16-9-5-1-2-6-10(9)17-13/h1-7H,14H2,(H,15,19)(H2,16,17,18,20). The molecule has 2 aromatic heterocycles. The number of hydrogen-bond acceptors (Lipinski definition) is 5. The molecule has 0 atom stereocenters. The Bertz CT molecular complexity index is 733. The second kappa shape index (κ2) is 4.98. The topological polar surface area (TPSA) is 109 Å². The predicted octanol–water partition coefficient (Wildman–Crippen LogP) is 1.50. The molecule has 0 aliphatic rings. The fourth-order valence-corrected chi connectivity index (χ4v) is 1.89. The number of nitrogens with two attached hydrogens (primary N) is 1. The number of anilines is 2. The zero-order valence-corrected chi connectivity index (χ0v) is 10.4. The van der Waals surface area contributed by atoms with E-state index in [1.165, 1.54) is 0 Å². The van der Waals surface area contributed by atoms with Gasteiger partial charge in [0.2, 0.25) is 5.95 Å². The highest BCUT2D eigenvalue weighted by Crippen LogP contribution is 2.16. The summed E-state index contributed by atoms with van der Waals surface area (Å²) in [6.45, 7) is 0. The molecule has 5 N–H and O–H groups in total. The minimum atomic E-state index is -0.342. The van der Waals surface area contributed by atoms with Crippen LogP contribution in [0.5, 0.6) is 0 Å². The SMILES string of the molecule is NNc1ncccc1C(=O)Nc1nc2ccccc2[nH]1. The molecule has 0 aliphatic carbocycles. The van der Waals surface area contributed by atoms with E-state index in [9.17, 15) is 4.79 Å². The number of pyridine rings is 1. The molecule has 0 saturated heterocycles. The number of hydrogen-bond donors (Lipinski definition) is 4. The summed E-state index contributed by atoms with van der Waals surface area (Å²) in [6, 6.07) is 10.8. The van der Waals surface area contributed by atoms with Crippen LogP contribution in [0.1, 0.15) is 10.4 Å². The number of amides is 1. The maximum Gasteiger partial charge on any atom is 0.261 e. The summed E-state index contributed by atoms with van der Waals surface area (Å²) in [5, 5.41) is 2.68. The first kappa shape index (κ1) is 12.1. The van der Waals surface area contributed by atoms with E-state index in [1.807, 2.05) is 24.3 Å². The number of benzene rings is 1.